The van der Waals surface area contributed by atoms with Crippen LogP contribution in [0.1, 0.15) is 17.5 Å². The van der Waals surface area contributed by atoms with Gasteiger partial charge in [0.05, 0.1) is 5.56 Å². The van der Waals surface area contributed by atoms with Crippen LogP contribution < -0.4 is 5.32 Å². The average molecular weight is 278 g/mol. The first-order chi connectivity index (χ1) is 8.84. The van der Waals surface area contributed by atoms with Gasteiger partial charge in [0, 0.05) is 6.54 Å². The number of halogens is 4. The monoisotopic (exact) mass is 278 g/mol. The molecule has 0 aromatic heterocycles. The minimum Gasteiger partial charge on any atom is -0.320 e. The maximum atomic E-state index is 13.1. The van der Waals surface area contributed by atoms with Crippen LogP contribution in [0.2, 0.25) is 0 Å². The fraction of sp³-hybridized carbons (Fsp3) is 0.538. The molecule has 0 spiro atoms. The summed E-state index contributed by atoms with van der Waals surface area (Å²) in [4.78, 5) is 1.91. The molecule has 0 atom stereocenters. The fourth-order valence-corrected chi connectivity index (χ4v) is 1.80. The molecule has 19 heavy (non-hydrogen) atoms. The zero-order valence-electron chi connectivity index (χ0n) is 11.0. The molecule has 0 heterocycles. The first-order valence-corrected chi connectivity index (χ1v) is 6.03. The molecule has 2 nitrogen and oxygen atoms in total. The molecule has 0 saturated heterocycles. The third kappa shape index (κ3) is 5.16. The minimum atomic E-state index is -4.65. The molecule has 1 N–H and O–H groups in total. The molecule has 0 radical (unpaired) electrons. The van der Waals surface area contributed by atoms with Crippen molar-refractivity contribution in [1.29, 1.82) is 0 Å². The maximum Gasteiger partial charge on any atom is 0.419 e. The molecular formula is C13H18F4N2. The number of hydrogen-bond acceptors (Lipinski definition) is 2. The third-order valence-corrected chi connectivity index (χ3v) is 2.76. The summed E-state index contributed by atoms with van der Waals surface area (Å²) in [6.07, 6.45) is -3.74. The molecule has 108 valence electrons. The topological polar surface area (TPSA) is 15.3 Å². The Morgan fingerprint density at radius 2 is 1.95 bits per heavy atom. The van der Waals surface area contributed by atoms with Gasteiger partial charge in [-0.25, -0.2) is 4.39 Å². The number of hydrogen-bond donors (Lipinski definition) is 1. The van der Waals surface area contributed by atoms with Gasteiger partial charge in [0.15, 0.2) is 0 Å². The van der Waals surface area contributed by atoms with Crippen LogP contribution in [0, 0.1) is 5.82 Å². The molecule has 0 aliphatic carbocycles. The van der Waals surface area contributed by atoms with E-state index in [4.69, 9.17) is 0 Å². The summed E-state index contributed by atoms with van der Waals surface area (Å²) in [5.41, 5.74) is -0.741. The van der Waals surface area contributed by atoms with E-state index in [1.165, 1.54) is 6.07 Å². The van der Waals surface area contributed by atoms with Gasteiger partial charge < -0.3 is 10.2 Å². The van der Waals surface area contributed by atoms with Gasteiger partial charge in [0.25, 0.3) is 0 Å². The van der Waals surface area contributed by atoms with Crippen LogP contribution in [0.15, 0.2) is 18.2 Å². The Bertz CT molecular complexity index is 404. The summed E-state index contributed by atoms with van der Waals surface area (Å²) in [6, 6.07) is 3.14. The summed E-state index contributed by atoms with van der Waals surface area (Å²) < 4.78 is 50.8. The number of benzene rings is 1. The van der Waals surface area contributed by atoms with Crippen LogP contribution in [-0.4, -0.2) is 32.1 Å². The van der Waals surface area contributed by atoms with E-state index in [0.717, 1.165) is 31.6 Å². The summed E-state index contributed by atoms with van der Waals surface area (Å²) in [5.74, 6) is -1.23. The van der Waals surface area contributed by atoms with E-state index in [-0.39, 0.29) is 0 Å². The fourth-order valence-electron chi connectivity index (χ4n) is 1.80. The van der Waals surface area contributed by atoms with Crippen molar-refractivity contribution in [3.05, 3.63) is 35.1 Å². The normalized spacial score (nSPS) is 12.2. The molecule has 1 aromatic carbocycles. The molecule has 0 unspecified atom stereocenters. The molecule has 0 amide bonds. The smallest absolute Gasteiger partial charge is 0.320 e. The van der Waals surface area contributed by atoms with Gasteiger partial charge in [-0.2, -0.15) is 13.2 Å². The van der Waals surface area contributed by atoms with Crippen molar-refractivity contribution >= 4 is 0 Å². The van der Waals surface area contributed by atoms with E-state index in [9.17, 15) is 17.6 Å². The molecule has 6 heteroatoms. The zero-order chi connectivity index (χ0) is 14.5. The third-order valence-electron chi connectivity index (χ3n) is 2.76. The summed E-state index contributed by atoms with van der Waals surface area (Å²) in [7, 11) is 3.67. The summed E-state index contributed by atoms with van der Waals surface area (Å²) in [5, 5.41) is 3.00. The van der Waals surface area contributed by atoms with Crippen LogP contribution in [0.25, 0.3) is 0 Å². The summed E-state index contributed by atoms with van der Waals surface area (Å²) in [6.45, 7) is 1.98. The second-order valence-corrected chi connectivity index (χ2v) is 4.51. The number of nitrogens with zero attached hydrogens (tertiary/aromatic N) is 1. The lowest BCUT2D eigenvalue weighted by atomic mass is 10.1. The lowest BCUT2D eigenvalue weighted by molar-refractivity contribution is -0.140. The van der Waals surface area contributed by atoms with Gasteiger partial charge in [-0.15, -0.1) is 0 Å². The van der Waals surface area contributed by atoms with Gasteiger partial charge in [-0.05, 0) is 51.3 Å². The Morgan fingerprint density at radius 3 is 2.53 bits per heavy atom. The second-order valence-electron chi connectivity index (χ2n) is 4.51. The molecular weight excluding hydrogens is 260 g/mol. The highest BCUT2D eigenvalue weighted by Crippen LogP contribution is 2.32. The predicted octanol–water partition coefficient (Wildman–Crippen LogP) is 2.89. The Kier molecular flexibility index (Phi) is 5.75. The van der Waals surface area contributed by atoms with Crippen molar-refractivity contribution in [3.8, 4) is 0 Å². The number of alkyl halides is 3. The first-order valence-electron chi connectivity index (χ1n) is 6.03. The highest BCUT2D eigenvalue weighted by molar-refractivity contribution is 5.27. The number of rotatable bonds is 6. The average Bonchev–Trinajstić information content (AvgIpc) is 2.30. The molecule has 1 aromatic rings. The van der Waals surface area contributed by atoms with E-state index in [0.29, 0.717) is 12.1 Å². The summed E-state index contributed by atoms with van der Waals surface area (Å²) >= 11 is 0. The van der Waals surface area contributed by atoms with Crippen molar-refractivity contribution in [3.63, 3.8) is 0 Å². The molecule has 0 fully saturated rings. The SMILES string of the molecule is CNCCCN(C)Cc1ccc(F)c(C(F)(F)F)c1. The lowest BCUT2D eigenvalue weighted by Crippen LogP contribution is -2.22. The highest BCUT2D eigenvalue weighted by atomic mass is 19.4. The lowest BCUT2D eigenvalue weighted by Gasteiger charge is -2.17. The standard InChI is InChI=1S/C13H18F4N2/c1-18-6-3-7-19(2)9-10-4-5-12(14)11(8-10)13(15,16)17/h4-5,8,18H,3,6-7,9H2,1-2H3. The van der Waals surface area contributed by atoms with Gasteiger partial charge >= 0.3 is 6.18 Å². The van der Waals surface area contributed by atoms with Crippen LogP contribution in [-0.2, 0) is 12.7 Å². The van der Waals surface area contributed by atoms with Crippen LogP contribution in [0.5, 0.6) is 0 Å². The van der Waals surface area contributed by atoms with E-state index >= 15 is 0 Å². The van der Waals surface area contributed by atoms with Gasteiger partial charge in [-0.3, -0.25) is 0 Å². The van der Waals surface area contributed by atoms with E-state index < -0.39 is 17.6 Å². The second kappa shape index (κ2) is 6.86. The van der Waals surface area contributed by atoms with Crippen LogP contribution in [0.3, 0.4) is 0 Å². The largest absolute Gasteiger partial charge is 0.419 e. The predicted molar refractivity (Wildman–Crippen MR) is 66.3 cm³/mol. The molecule has 1 rings (SSSR count). The molecule has 0 aliphatic rings. The first kappa shape index (κ1) is 15.9. The van der Waals surface area contributed by atoms with Crippen molar-refractivity contribution in [2.45, 2.75) is 19.1 Å². The molecule has 0 bridgehead atoms. The minimum absolute atomic E-state index is 0.368. The van der Waals surface area contributed by atoms with Crippen molar-refractivity contribution in [2.24, 2.45) is 0 Å². The van der Waals surface area contributed by atoms with Crippen molar-refractivity contribution in [2.75, 3.05) is 27.2 Å². The highest BCUT2D eigenvalue weighted by Gasteiger charge is 2.34. The van der Waals surface area contributed by atoms with E-state index in [1.54, 1.807) is 0 Å². The quantitative estimate of drug-likeness (QED) is 0.636. The Labute approximate surface area is 110 Å². The van der Waals surface area contributed by atoms with Gasteiger partial charge in [0.2, 0.25) is 0 Å². The Hall–Kier alpha value is -1.14. The molecule has 0 saturated carbocycles. The van der Waals surface area contributed by atoms with Crippen LogP contribution >= 0.6 is 0 Å². The molecule has 0 aliphatic heterocycles. The van der Waals surface area contributed by atoms with Gasteiger partial charge in [-0.1, -0.05) is 6.07 Å². The zero-order valence-corrected chi connectivity index (χ0v) is 11.0. The Balaban J connectivity index is 2.69. The van der Waals surface area contributed by atoms with Crippen molar-refractivity contribution in [1.82, 2.24) is 10.2 Å². The van der Waals surface area contributed by atoms with E-state index in [1.807, 2.05) is 19.0 Å². The van der Waals surface area contributed by atoms with Crippen molar-refractivity contribution < 1.29 is 17.6 Å². The van der Waals surface area contributed by atoms with Crippen LogP contribution in [0.4, 0.5) is 17.6 Å². The maximum absolute atomic E-state index is 13.1. The Morgan fingerprint density at radius 1 is 1.26 bits per heavy atom. The number of nitrogens with one attached hydrogen (secondary N) is 1. The van der Waals surface area contributed by atoms with E-state index in [2.05, 4.69) is 5.32 Å². The van der Waals surface area contributed by atoms with Gasteiger partial charge in [0.1, 0.15) is 5.82 Å².